The molecule has 0 saturated heterocycles. The molecule has 7 heteroatoms. The molecule has 0 fully saturated rings. The molecule has 0 spiro atoms. The zero-order valence-electron chi connectivity index (χ0n) is 11.5. The monoisotopic (exact) mass is 290 g/mol. The molecular formula is C14H14N2O5. The van der Waals surface area contributed by atoms with Crippen LogP contribution in [0, 0.1) is 10.1 Å². The van der Waals surface area contributed by atoms with Crippen LogP contribution in [0.1, 0.15) is 18.6 Å². The maximum atomic E-state index is 10.9. The van der Waals surface area contributed by atoms with Gasteiger partial charge in [0.15, 0.2) is 5.75 Å². The summed E-state index contributed by atoms with van der Waals surface area (Å²) in [5.41, 5.74) is 0.471. The minimum Gasteiger partial charge on any atom is -0.490 e. The molecule has 1 heterocycles. The molecule has 1 N–H and O–H groups in total. The molecule has 21 heavy (non-hydrogen) atoms. The van der Waals surface area contributed by atoms with E-state index in [1.54, 1.807) is 25.1 Å². The first-order valence-corrected chi connectivity index (χ1v) is 6.15. The molecule has 0 aliphatic heterocycles. The van der Waals surface area contributed by atoms with Gasteiger partial charge in [-0.1, -0.05) is 0 Å². The number of nitro groups is 1. The average molecular weight is 290 g/mol. The molecule has 1 aromatic carbocycles. The fourth-order valence-electron chi connectivity index (χ4n) is 1.70. The predicted molar refractivity (Wildman–Crippen MR) is 74.6 cm³/mol. The number of hydrogen-bond acceptors (Lipinski definition) is 6. The molecule has 1 aromatic heterocycles. The van der Waals surface area contributed by atoms with Crippen molar-refractivity contribution in [3.63, 3.8) is 0 Å². The highest BCUT2D eigenvalue weighted by molar-refractivity contribution is 5.51. The molecule has 110 valence electrons. The lowest BCUT2D eigenvalue weighted by molar-refractivity contribution is -0.385. The van der Waals surface area contributed by atoms with Gasteiger partial charge in [-0.15, -0.1) is 0 Å². The molecule has 0 aliphatic carbocycles. The number of methoxy groups -OCH3 is 1. The van der Waals surface area contributed by atoms with Gasteiger partial charge in [-0.05, 0) is 30.7 Å². The summed E-state index contributed by atoms with van der Waals surface area (Å²) in [6.45, 7) is 1.63. The summed E-state index contributed by atoms with van der Waals surface area (Å²) in [7, 11) is 1.36. The van der Waals surface area contributed by atoms with E-state index in [0.29, 0.717) is 5.56 Å². The lowest BCUT2D eigenvalue weighted by atomic mass is 10.2. The zero-order valence-corrected chi connectivity index (χ0v) is 11.5. The van der Waals surface area contributed by atoms with Crippen molar-refractivity contribution in [2.24, 2.45) is 0 Å². The average Bonchev–Trinajstić information content (AvgIpc) is 2.47. The number of ether oxygens (including phenoxy) is 2. The van der Waals surface area contributed by atoms with Crippen molar-refractivity contribution in [1.82, 2.24) is 4.98 Å². The van der Waals surface area contributed by atoms with Crippen molar-refractivity contribution in [3.8, 4) is 17.4 Å². The van der Waals surface area contributed by atoms with Gasteiger partial charge in [-0.3, -0.25) is 10.1 Å². The summed E-state index contributed by atoms with van der Waals surface area (Å²) in [5.74, 6) is 0.712. The highest BCUT2D eigenvalue weighted by atomic mass is 16.6. The van der Waals surface area contributed by atoms with Gasteiger partial charge in [0.2, 0.25) is 5.88 Å². The Morgan fingerprint density at radius 2 is 2.10 bits per heavy atom. The zero-order chi connectivity index (χ0) is 15.4. The van der Waals surface area contributed by atoms with Gasteiger partial charge in [-0.2, -0.15) is 0 Å². The normalized spacial score (nSPS) is 11.8. The van der Waals surface area contributed by atoms with Crippen LogP contribution in [0.15, 0.2) is 36.5 Å². The Bertz CT molecular complexity index is 640. The van der Waals surface area contributed by atoms with E-state index in [1.807, 2.05) is 0 Å². The van der Waals surface area contributed by atoms with Crippen LogP contribution < -0.4 is 9.47 Å². The number of nitro benzene ring substituents is 1. The van der Waals surface area contributed by atoms with Gasteiger partial charge in [-0.25, -0.2) is 4.98 Å². The summed E-state index contributed by atoms with van der Waals surface area (Å²) in [5, 5.41) is 20.3. The minimum atomic E-state index is -0.617. The van der Waals surface area contributed by atoms with E-state index < -0.39 is 11.0 Å². The third-order valence-electron chi connectivity index (χ3n) is 2.81. The van der Waals surface area contributed by atoms with E-state index in [4.69, 9.17) is 9.47 Å². The van der Waals surface area contributed by atoms with E-state index in [9.17, 15) is 15.2 Å². The largest absolute Gasteiger partial charge is 0.490 e. The Kier molecular flexibility index (Phi) is 4.34. The topological polar surface area (TPSA) is 94.7 Å². The molecule has 1 atom stereocenters. The summed E-state index contributed by atoms with van der Waals surface area (Å²) >= 11 is 0. The molecule has 0 bridgehead atoms. The summed E-state index contributed by atoms with van der Waals surface area (Å²) in [6, 6.07) is 7.53. The number of hydrogen-bond donors (Lipinski definition) is 1. The van der Waals surface area contributed by atoms with Crippen LogP contribution in [-0.2, 0) is 0 Å². The number of benzene rings is 1. The standard InChI is InChI=1S/C14H14N2O5/c1-9(17)10-3-6-14(15-8-10)21-11-4-5-13(20-2)12(7-11)16(18)19/h3-9,17H,1-2H3/t9-/m0/s1. The van der Waals surface area contributed by atoms with Gasteiger partial charge in [0.05, 0.1) is 24.2 Å². The molecule has 0 aliphatic rings. The second-order valence-corrected chi connectivity index (χ2v) is 4.30. The van der Waals surface area contributed by atoms with Crippen LogP contribution in [0.5, 0.6) is 17.4 Å². The highest BCUT2D eigenvalue weighted by Crippen LogP contribution is 2.32. The third kappa shape index (κ3) is 3.46. The summed E-state index contributed by atoms with van der Waals surface area (Å²) < 4.78 is 10.4. The van der Waals surface area contributed by atoms with E-state index in [0.717, 1.165) is 0 Å². The molecule has 0 amide bonds. The fraction of sp³-hybridized carbons (Fsp3) is 0.214. The van der Waals surface area contributed by atoms with Gasteiger partial charge >= 0.3 is 5.69 Å². The fourth-order valence-corrected chi connectivity index (χ4v) is 1.70. The Labute approximate surface area is 120 Å². The van der Waals surface area contributed by atoms with Gasteiger partial charge in [0.25, 0.3) is 0 Å². The molecule has 0 unspecified atom stereocenters. The number of aliphatic hydroxyl groups excluding tert-OH is 1. The van der Waals surface area contributed by atoms with Crippen molar-refractivity contribution in [2.45, 2.75) is 13.0 Å². The summed E-state index contributed by atoms with van der Waals surface area (Å²) in [4.78, 5) is 14.4. The minimum absolute atomic E-state index is 0.157. The molecule has 7 nitrogen and oxygen atoms in total. The first-order chi connectivity index (χ1) is 10.0. The third-order valence-corrected chi connectivity index (χ3v) is 2.81. The second-order valence-electron chi connectivity index (χ2n) is 4.30. The smallest absolute Gasteiger partial charge is 0.314 e. The van der Waals surface area contributed by atoms with Gasteiger partial charge < -0.3 is 14.6 Å². The Hall–Kier alpha value is -2.67. The predicted octanol–water partition coefficient (Wildman–Crippen LogP) is 2.84. The van der Waals surface area contributed by atoms with Crippen LogP contribution >= 0.6 is 0 Å². The molecule has 2 aromatic rings. The molecule has 2 rings (SSSR count). The van der Waals surface area contributed by atoms with E-state index in [1.165, 1.54) is 25.4 Å². The van der Waals surface area contributed by atoms with Crippen molar-refractivity contribution >= 4 is 5.69 Å². The lowest BCUT2D eigenvalue weighted by Crippen LogP contribution is -1.96. The molecule has 0 radical (unpaired) electrons. The quantitative estimate of drug-likeness (QED) is 0.672. The van der Waals surface area contributed by atoms with E-state index in [2.05, 4.69) is 4.98 Å². The SMILES string of the molecule is COc1ccc(Oc2ccc([C@H](C)O)cn2)cc1[N+](=O)[O-]. The van der Waals surface area contributed by atoms with Crippen LogP contribution in [0.25, 0.3) is 0 Å². The second kappa shape index (κ2) is 6.19. The van der Waals surface area contributed by atoms with Crippen LogP contribution in [0.2, 0.25) is 0 Å². The maximum absolute atomic E-state index is 10.9. The number of nitrogens with zero attached hydrogens (tertiary/aromatic N) is 2. The number of aromatic nitrogens is 1. The van der Waals surface area contributed by atoms with Crippen LogP contribution in [0.3, 0.4) is 0 Å². The molecular weight excluding hydrogens is 276 g/mol. The Morgan fingerprint density at radius 3 is 2.62 bits per heavy atom. The van der Waals surface area contributed by atoms with Crippen LogP contribution in [-0.4, -0.2) is 22.1 Å². The first kappa shape index (κ1) is 14.7. The summed E-state index contributed by atoms with van der Waals surface area (Å²) in [6.07, 6.45) is 0.867. The Balaban J connectivity index is 2.23. The lowest BCUT2D eigenvalue weighted by Gasteiger charge is -2.08. The highest BCUT2D eigenvalue weighted by Gasteiger charge is 2.16. The molecule has 0 saturated carbocycles. The van der Waals surface area contributed by atoms with Crippen LogP contribution in [0.4, 0.5) is 5.69 Å². The van der Waals surface area contributed by atoms with Crippen molar-refractivity contribution < 1.29 is 19.5 Å². The van der Waals surface area contributed by atoms with Crippen molar-refractivity contribution in [3.05, 3.63) is 52.2 Å². The van der Waals surface area contributed by atoms with E-state index >= 15 is 0 Å². The van der Waals surface area contributed by atoms with Crippen molar-refractivity contribution in [2.75, 3.05) is 7.11 Å². The number of pyridine rings is 1. The van der Waals surface area contributed by atoms with Gasteiger partial charge in [0.1, 0.15) is 5.75 Å². The number of aliphatic hydroxyl groups is 1. The van der Waals surface area contributed by atoms with Crippen molar-refractivity contribution in [1.29, 1.82) is 0 Å². The van der Waals surface area contributed by atoms with E-state index in [-0.39, 0.29) is 23.1 Å². The maximum Gasteiger partial charge on any atom is 0.314 e. The number of rotatable bonds is 5. The Morgan fingerprint density at radius 1 is 1.33 bits per heavy atom. The first-order valence-electron chi connectivity index (χ1n) is 6.15. The van der Waals surface area contributed by atoms with Gasteiger partial charge in [0, 0.05) is 12.3 Å².